The van der Waals surface area contributed by atoms with Crippen molar-refractivity contribution in [3.63, 3.8) is 0 Å². The van der Waals surface area contributed by atoms with Gasteiger partial charge in [0, 0.05) is 5.69 Å². The Hall–Kier alpha value is -1.35. The number of carbonyl (C=O) groups excluding carboxylic acids is 2. The number of halogens is 1. The molecule has 0 unspecified atom stereocenters. The van der Waals surface area contributed by atoms with E-state index in [9.17, 15) is 9.59 Å². The van der Waals surface area contributed by atoms with Crippen molar-refractivity contribution in [1.82, 2.24) is 0 Å². The summed E-state index contributed by atoms with van der Waals surface area (Å²) in [5, 5.41) is 0. The highest BCUT2D eigenvalue weighted by molar-refractivity contribution is 6.29. The predicted molar refractivity (Wildman–Crippen MR) is 65.1 cm³/mol. The molecule has 1 rings (SSSR count). The van der Waals surface area contributed by atoms with Crippen LogP contribution in [0, 0.1) is 13.8 Å². The van der Waals surface area contributed by atoms with E-state index in [1.807, 2.05) is 32.0 Å². The zero-order valence-corrected chi connectivity index (χ0v) is 10.1. The van der Waals surface area contributed by atoms with Crippen LogP contribution in [0.4, 0.5) is 5.69 Å². The van der Waals surface area contributed by atoms with E-state index in [2.05, 4.69) is 0 Å². The van der Waals surface area contributed by atoms with E-state index < -0.39 is 0 Å². The molecule has 0 aliphatic carbocycles. The number of nitrogens with zero attached hydrogens (tertiary/aromatic N) is 1. The number of rotatable bonds is 4. The lowest BCUT2D eigenvalue weighted by atomic mass is 10.1. The summed E-state index contributed by atoms with van der Waals surface area (Å²) in [4.78, 5) is 23.7. The van der Waals surface area contributed by atoms with E-state index in [0.29, 0.717) is 6.29 Å². The molecule has 3 nitrogen and oxygen atoms in total. The molecule has 0 saturated heterocycles. The van der Waals surface area contributed by atoms with Gasteiger partial charge in [0.25, 0.3) is 0 Å². The van der Waals surface area contributed by atoms with Crippen LogP contribution in [0.15, 0.2) is 18.2 Å². The maximum atomic E-state index is 11.6. The lowest BCUT2D eigenvalue weighted by Crippen LogP contribution is -2.34. The van der Waals surface area contributed by atoms with Crippen LogP contribution in [-0.2, 0) is 9.59 Å². The fourth-order valence-corrected chi connectivity index (χ4v) is 1.84. The van der Waals surface area contributed by atoms with Gasteiger partial charge in [-0.15, -0.1) is 11.6 Å². The maximum absolute atomic E-state index is 11.6. The van der Waals surface area contributed by atoms with E-state index in [0.717, 1.165) is 16.8 Å². The number of carbonyl (C=O) groups is 2. The van der Waals surface area contributed by atoms with E-state index in [1.165, 1.54) is 4.90 Å². The molecule has 0 fully saturated rings. The summed E-state index contributed by atoms with van der Waals surface area (Å²) in [5.41, 5.74) is 2.70. The molecular formula is C12H14ClNO2. The Morgan fingerprint density at radius 2 is 1.94 bits per heavy atom. The fourth-order valence-electron chi connectivity index (χ4n) is 1.70. The largest absolute Gasteiger partial charge is 0.304 e. The lowest BCUT2D eigenvalue weighted by molar-refractivity contribution is -0.117. The summed E-state index contributed by atoms with van der Waals surface area (Å²) in [5.74, 6) is -0.382. The zero-order valence-electron chi connectivity index (χ0n) is 9.37. The molecule has 0 radical (unpaired) electrons. The first-order chi connectivity index (χ1) is 7.61. The van der Waals surface area contributed by atoms with Crippen LogP contribution in [0.2, 0.25) is 0 Å². The number of para-hydroxylation sites is 1. The standard InChI is InChI=1S/C12H14ClNO2/c1-9-4-3-5-10(2)12(9)14(6-7-15)11(16)8-13/h3-5,7H,6,8H2,1-2H3. The van der Waals surface area contributed by atoms with E-state index in [1.54, 1.807) is 0 Å². The smallest absolute Gasteiger partial charge is 0.242 e. The SMILES string of the molecule is Cc1cccc(C)c1N(CC=O)C(=O)CCl. The van der Waals surface area contributed by atoms with Gasteiger partial charge in [0.1, 0.15) is 12.2 Å². The van der Waals surface area contributed by atoms with Gasteiger partial charge in [-0.2, -0.15) is 0 Å². The summed E-state index contributed by atoms with van der Waals surface area (Å²) in [6.45, 7) is 3.85. The average molecular weight is 240 g/mol. The number of hydrogen-bond acceptors (Lipinski definition) is 2. The van der Waals surface area contributed by atoms with Crippen LogP contribution in [0.3, 0.4) is 0 Å². The van der Waals surface area contributed by atoms with E-state index >= 15 is 0 Å². The summed E-state index contributed by atoms with van der Waals surface area (Å²) in [7, 11) is 0. The molecule has 1 amide bonds. The van der Waals surface area contributed by atoms with Gasteiger partial charge in [-0.25, -0.2) is 0 Å². The Morgan fingerprint density at radius 3 is 2.38 bits per heavy atom. The molecule has 0 aromatic heterocycles. The van der Waals surface area contributed by atoms with Crippen molar-refractivity contribution < 1.29 is 9.59 Å². The first kappa shape index (κ1) is 12.7. The fraction of sp³-hybridized carbons (Fsp3) is 0.333. The predicted octanol–water partition coefficient (Wildman–Crippen LogP) is 2.07. The zero-order chi connectivity index (χ0) is 12.1. The molecule has 0 aliphatic heterocycles. The summed E-state index contributed by atoms with van der Waals surface area (Å²) in [6.07, 6.45) is 0.705. The first-order valence-corrected chi connectivity index (χ1v) is 5.51. The van der Waals surface area contributed by atoms with Gasteiger partial charge in [0.05, 0.1) is 6.54 Å². The Labute approximate surface area is 100 Å². The molecule has 0 bridgehead atoms. The number of alkyl halides is 1. The Kier molecular flexibility index (Phi) is 4.50. The number of benzene rings is 1. The third-order valence-electron chi connectivity index (χ3n) is 2.38. The number of aldehydes is 1. The molecule has 0 spiro atoms. The van der Waals surface area contributed by atoms with Gasteiger partial charge in [-0.3, -0.25) is 4.79 Å². The third kappa shape index (κ3) is 2.61. The van der Waals surface area contributed by atoms with Crippen LogP contribution in [0.1, 0.15) is 11.1 Å². The van der Waals surface area contributed by atoms with Crippen molar-refractivity contribution in [1.29, 1.82) is 0 Å². The minimum absolute atomic E-state index is 0.0389. The topological polar surface area (TPSA) is 37.4 Å². The molecule has 0 aliphatic rings. The second-order valence-electron chi connectivity index (χ2n) is 3.55. The monoisotopic (exact) mass is 239 g/mol. The quantitative estimate of drug-likeness (QED) is 0.596. The van der Waals surface area contributed by atoms with Crippen molar-refractivity contribution in [3.05, 3.63) is 29.3 Å². The maximum Gasteiger partial charge on any atom is 0.242 e. The minimum Gasteiger partial charge on any atom is -0.304 e. The molecule has 0 atom stereocenters. The Morgan fingerprint density at radius 1 is 1.38 bits per heavy atom. The summed E-state index contributed by atoms with van der Waals surface area (Å²) < 4.78 is 0. The molecular weight excluding hydrogens is 226 g/mol. The molecule has 86 valence electrons. The minimum atomic E-state index is -0.258. The highest BCUT2D eigenvalue weighted by atomic mass is 35.5. The molecule has 16 heavy (non-hydrogen) atoms. The van der Waals surface area contributed by atoms with Crippen molar-refractivity contribution >= 4 is 29.5 Å². The number of amides is 1. The molecule has 1 aromatic rings. The van der Waals surface area contributed by atoms with Gasteiger partial charge in [-0.05, 0) is 25.0 Å². The second kappa shape index (κ2) is 5.66. The van der Waals surface area contributed by atoms with Gasteiger partial charge in [-0.1, -0.05) is 18.2 Å². The molecule has 0 N–H and O–H groups in total. The summed E-state index contributed by atoms with van der Waals surface area (Å²) in [6, 6.07) is 5.72. The van der Waals surface area contributed by atoms with Crippen molar-refractivity contribution in [2.24, 2.45) is 0 Å². The number of aryl methyl sites for hydroxylation is 2. The van der Waals surface area contributed by atoms with E-state index in [-0.39, 0.29) is 18.3 Å². The van der Waals surface area contributed by atoms with Crippen LogP contribution >= 0.6 is 11.6 Å². The summed E-state index contributed by atoms with van der Waals surface area (Å²) >= 11 is 5.53. The van der Waals surface area contributed by atoms with Crippen molar-refractivity contribution in [2.75, 3.05) is 17.3 Å². The van der Waals surface area contributed by atoms with Gasteiger partial charge >= 0.3 is 0 Å². The lowest BCUT2D eigenvalue weighted by Gasteiger charge is -2.23. The Balaban J connectivity index is 3.19. The van der Waals surface area contributed by atoms with Crippen molar-refractivity contribution in [2.45, 2.75) is 13.8 Å². The highest BCUT2D eigenvalue weighted by Gasteiger charge is 2.17. The second-order valence-corrected chi connectivity index (χ2v) is 3.81. The van der Waals surface area contributed by atoms with Crippen LogP contribution in [-0.4, -0.2) is 24.6 Å². The van der Waals surface area contributed by atoms with Crippen LogP contribution in [0.5, 0.6) is 0 Å². The highest BCUT2D eigenvalue weighted by Crippen LogP contribution is 2.24. The average Bonchev–Trinajstić information content (AvgIpc) is 2.26. The molecule has 0 heterocycles. The third-order valence-corrected chi connectivity index (χ3v) is 2.61. The van der Waals surface area contributed by atoms with Crippen LogP contribution < -0.4 is 4.90 Å². The Bertz CT molecular complexity index is 384. The van der Waals surface area contributed by atoms with Gasteiger partial charge in [0.15, 0.2) is 0 Å². The van der Waals surface area contributed by atoms with Gasteiger partial charge < -0.3 is 9.69 Å². The number of hydrogen-bond donors (Lipinski definition) is 0. The van der Waals surface area contributed by atoms with Gasteiger partial charge in [0.2, 0.25) is 5.91 Å². The van der Waals surface area contributed by atoms with Crippen molar-refractivity contribution in [3.8, 4) is 0 Å². The van der Waals surface area contributed by atoms with Crippen LogP contribution in [0.25, 0.3) is 0 Å². The normalized spacial score (nSPS) is 9.94. The van der Waals surface area contributed by atoms with E-state index in [4.69, 9.17) is 11.6 Å². The molecule has 0 saturated carbocycles. The molecule has 4 heteroatoms. The first-order valence-electron chi connectivity index (χ1n) is 4.98. The molecule has 1 aromatic carbocycles. The number of anilines is 1.